The van der Waals surface area contributed by atoms with Crippen molar-refractivity contribution in [2.24, 2.45) is 0 Å². The summed E-state index contributed by atoms with van der Waals surface area (Å²) >= 11 is 9.29. The van der Waals surface area contributed by atoms with E-state index in [1.165, 1.54) is 4.90 Å². The summed E-state index contributed by atoms with van der Waals surface area (Å²) in [5, 5.41) is 4.50. The number of carbonyl (C=O) groups excluding carboxylic acids is 1. The van der Waals surface area contributed by atoms with Crippen molar-refractivity contribution in [1.82, 2.24) is 15.0 Å². The lowest BCUT2D eigenvalue weighted by molar-refractivity contribution is -0.132. The maximum absolute atomic E-state index is 12.2. The number of hydrogen-bond donors (Lipinski definition) is 0. The van der Waals surface area contributed by atoms with Crippen molar-refractivity contribution < 1.29 is 14.1 Å². The van der Waals surface area contributed by atoms with Gasteiger partial charge in [0.2, 0.25) is 11.7 Å². The second-order valence-electron chi connectivity index (χ2n) is 5.52. The van der Waals surface area contributed by atoms with Crippen LogP contribution in [0.25, 0.3) is 11.4 Å². The number of aromatic nitrogens is 2. The number of carbonyl (C=O) groups is 1. The second kappa shape index (κ2) is 8.33. The van der Waals surface area contributed by atoms with E-state index in [0.717, 1.165) is 10.0 Å². The van der Waals surface area contributed by atoms with Crippen molar-refractivity contribution in [3.05, 3.63) is 63.9 Å². The van der Waals surface area contributed by atoms with E-state index in [-0.39, 0.29) is 19.1 Å². The van der Waals surface area contributed by atoms with Gasteiger partial charge in [0.1, 0.15) is 5.75 Å². The Morgan fingerprint density at radius 2 is 2.08 bits per heavy atom. The average Bonchev–Trinajstić information content (AvgIpc) is 3.08. The Labute approximate surface area is 163 Å². The Hall–Kier alpha value is -2.38. The molecule has 6 nitrogen and oxygen atoms in total. The summed E-state index contributed by atoms with van der Waals surface area (Å²) in [5.74, 6) is 1.14. The topological polar surface area (TPSA) is 68.5 Å². The Balaban J connectivity index is 1.57. The molecule has 3 rings (SSSR count). The molecule has 0 atom stereocenters. The van der Waals surface area contributed by atoms with E-state index in [4.69, 9.17) is 20.9 Å². The number of nitrogens with zero attached hydrogens (tertiary/aromatic N) is 3. The van der Waals surface area contributed by atoms with Crippen LogP contribution in [0, 0.1) is 0 Å². The lowest BCUT2D eigenvalue weighted by atomic mass is 10.2. The first-order valence-corrected chi connectivity index (χ1v) is 8.89. The van der Waals surface area contributed by atoms with Crippen LogP contribution in [0.3, 0.4) is 0 Å². The molecule has 26 heavy (non-hydrogen) atoms. The molecular formula is C18H15BrClN3O3. The molecule has 1 amide bonds. The van der Waals surface area contributed by atoms with Crippen LogP contribution in [0.2, 0.25) is 5.02 Å². The summed E-state index contributed by atoms with van der Waals surface area (Å²) in [6.45, 7) is 0.0855. The number of hydrogen-bond acceptors (Lipinski definition) is 5. The first-order valence-electron chi connectivity index (χ1n) is 7.72. The van der Waals surface area contributed by atoms with Crippen LogP contribution in [0.5, 0.6) is 5.75 Å². The summed E-state index contributed by atoms with van der Waals surface area (Å²) in [7, 11) is 1.65. The molecule has 0 aliphatic rings. The molecule has 0 radical (unpaired) electrons. The SMILES string of the molecule is CN(Cc1nc(-c2cccc(Br)c2)no1)C(=O)COc1cccc(Cl)c1. The quantitative estimate of drug-likeness (QED) is 0.579. The number of amides is 1. The van der Waals surface area contributed by atoms with Crippen molar-refractivity contribution >= 4 is 33.4 Å². The fourth-order valence-electron chi connectivity index (χ4n) is 2.17. The lowest BCUT2D eigenvalue weighted by Gasteiger charge is -2.15. The molecule has 0 unspecified atom stereocenters. The van der Waals surface area contributed by atoms with Gasteiger partial charge >= 0.3 is 0 Å². The summed E-state index contributed by atoms with van der Waals surface area (Å²) in [4.78, 5) is 18.0. The smallest absolute Gasteiger partial charge is 0.260 e. The molecule has 0 saturated heterocycles. The number of likely N-dealkylation sites (N-methyl/N-ethyl adjacent to an activating group) is 1. The molecule has 0 saturated carbocycles. The molecular weight excluding hydrogens is 422 g/mol. The summed E-state index contributed by atoms with van der Waals surface area (Å²) in [6, 6.07) is 14.5. The maximum Gasteiger partial charge on any atom is 0.260 e. The summed E-state index contributed by atoms with van der Waals surface area (Å²) < 4.78 is 11.6. The zero-order valence-corrected chi connectivity index (χ0v) is 16.2. The predicted octanol–water partition coefficient (Wildman–Crippen LogP) is 4.19. The maximum atomic E-state index is 12.2. The Morgan fingerprint density at radius 1 is 1.27 bits per heavy atom. The standard InChI is InChI=1S/C18H15BrClN3O3/c1-23(17(24)11-25-15-7-3-6-14(20)9-15)10-16-21-18(22-26-16)12-4-2-5-13(19)8-12/h2-9H,10-11H2,1H3. The van der Waals surface area contributed by atoms with Gasteiger partial charge in [0.05, 0.1) is 6.54 Å². The first-order chi connectivity index (χ1) is 12.5. The van der Waals surface area contributed by atoms with Crippen molar-refractivity contribution in [2.75, 3.05) is 13.7 Å². The fourth-order valence-corrected chi connectivity index (χ4v) is 2.75. The molecule has 0 N–H and O–H groups in total. The first kappa shape index (κ1) is 18.4. The van der Waals surface area contributed by atoms with Crippen molar-refractivity contribution in [1.29, 1.82) is 0 Å². The van der Waals surface area contributed by atoms with Gasteiger partial charge in [-0.05, 0) is 30.3 Å². The highest BCUT2D eigenvalue weighted by Gasteiger charge is 2.15. The highest BCUT2D eigenvalue weighted by molar-refractivity contribution is 9.10. The lowest BCUT2D eigenvalue weighted by Crippen LogP contribution is -2.31. The van der Waals surface area contributed by atoms with Gasteiger partial charge in [-0.15, -0.1) is 0 Å². The van der Waals surface area contributed by atoms with Crippen LogP contribution in [-0.4, -0.2) is 34.6 Å². The van der Waals surface area contributed by atoms with E-state index in [0.29, 0.717) is 22.5 Å². The highest BCUT2D eigenvalue weighted by atomic mass is 79.9. The fraction of sp³-hybridized carbons (Fsp3) is 0.167. The largest absolute Gasteiger partial charge is 0.484 e. The minimum Gasteiger partial charge on any atom is -0.484 e. The molecule has 134 valence electrons. The molecule has 8 heteroatoms. The zero-order valence-electron chi connectivity index (χ0n) is 13.9. The third kappa shape index (κ3) is 4.83. The summed E-state index contributed by atoms with van der Waals surface area (Å²) in [6.07, 6.45) is 0. The van der Waals surface area contributed by atoms with E-state index in [9.17, 15) is 4.79 Å². The minimum atomic E-state index is -0.216. The molecule has 1 heterocycles. The summed E-state index contributed by atoms with van der Waals surface area (Å²) in [5.41, 5.74) is 0.827. The Kier molecular flexibility index (Phi) is 5.90. The van der Waals surface area contributed by atoms with E-state index < -0.39 is 0 Å². The molecule has 3 aromatic rings. The highest BCUT2D eigenvalue weighted by Crippen LogP contribution is 2.21. The molecule has 0 aliphatic heterocycles. The van der Waals surface area contributed by atoms with Crippen LogP contribution in [0.4, 0.5) is 0 Å². The van der Waals surface area contributed by atoms with E-state index in [1.54, 1.807) is 31.3 Å². The van der Waals surface area contributed by atoms with Gasteiger partial charge in [-0.2, -0.15) is 4.98 Å². The van der Waals surface area contributed by atoms with E-state index in [1.807, 2.05) is 24.3 Å². The van der Waals surface area contributed by atoms with Crippen LogP contribution < -0.4 is 4.74 Å². The van der Waals surface area contributed by atoms with Crippen molar-refractivity contribution in [3.8, 4) is 17.1 Å². The van der Waals surface area contributed by atoms with E-state index >= 15 is 0 Å². The van der Waals surface area contributed by atoms with Gasteiger partial charge in [-0.1, -0.05) is 50.9 Å². The molecule has 0 spiro atoms. The zero-order chi connectivity index (χ0) is 18.5. The van der Waals surface area contributed by atoms with Gasteiger partial charge in [-0.25, -0.2) is 0 Å². The van der Waals surface area contributed by atoms with Gasteiger partial charge in [-0.3, -0.25) is 4.79 Å². The van der Waals surface area contributed by atoms with E-state index in [2.05, 4.69) is 26.1 Å². The van der Waals surface area contributed by atoms with Crippen LogP contribution in [-0.2, 0) is 11.3 Å². The molecule has 0 fully saturated rings. The monoisotopic (exact) mass is 435 g/mol. The number of halogens is 2. The molecule has 0 bridgehead atoms. The number of ether oxygens (including phenoxy) is 1. The Morgan fingerprint density at radius 3 is 2.85 bits per heavy atom. The van der Waals surface area contributed by atoms with Crippen molar-refractivity contribution in [3.63, 3.8) is 0 Å². The normalized spacial score (nSPS) is 10.6. The molecule has 2 aromatic carbocycles. The third-order valence-electron chi connectivity index (χ3n) is 3.51. The molecule has 0 aliphatic carbocycles. The number of benzene rings is 2. The van der Waals surface area contributed by atoms with Gasteiger partial charge in [0.25, 0.3) is 5.91 Å². The number of rotatable bonds is 6. The van der Waals surface area contributed by atoms with Crippen molar-refractivity contribution in [2.45, 2.75) is 6.54 Å². The van der Waals surface area contributed by atoms with Crippen LogP contribution in [0.1, 0.15) is 5.89 Å². The predicted molar refractivity (Wildman–Crippen MR) is 101 cm³/mol. The molecule has 1 aromatic heterocycles. The van der Waals surface area contributed by atoms with Gasteiger partial charge < -0.3 is 14.2 Å². The van der Waals surface area contributed by atoms with Gasteiger partial charge in [0.15, 0.2) is 6.61 Å². The Bertz CT molecular complexity index is 916. The van der Waals surface area contributed by atoms with Gasteiger partial charge in [0, 0.05) is 22.1 Å². The van der Waals surface area contributed by atoms with Crippen LogP contribution >= 0.6 is 27.5 Å². The average molecular weight is 437 g/mol. The minimum absolute atomic E-state index is 0.108. The second-order valence-corrected chi connectivity index (χ2v) is 6.87. The van der Waals surface area contributed by atoms with Crippen LogP contribution in [0.15, 0.2) is 57.5 Å². The third-order valence-corrected chi connectivity index (χ3v) is 4.24.